The van der Waals surface area contributed by atoms with Crippen LogP contribution < -0.4 is 10.5 Å². The quantitative estimate of drug-likeness (QED) is 0.500. The third-order valence-electron chi connectivity index (χ3n) is 5.52. The van der Waals surface area contributed by atoms with Crippen molar-refractivity contribution in [2.24, 2.45) is 5.73 Å². The van der Waals surface area contributed by atoms with Gasteiger partial charge in [0.05, 0.1) is 15.9 Å². The maximum Gasteiger partial charge on any atom is 0.248 e. The van der Waals surface area contributed by atoms with Crippen molar-refractivity contribution in [2.45, 2.75) is 12.8 Å². The number of fused-ring (bicyclic) bond motifs is 2. The third kappa shape index (κ3) is 4.49. The Hall–Kier alpha value is -3.97. The number of nitrogens with zero attached hydrogens (tertiary/aromatic N) is 1. The van der Waals surface area contributed by atoms with Gasteiger partial charge in [0.2, 0.25) is 5.91 Å². The van der Waals surface area contributed by atoms with Crippen LogP contribution in [-0.4, -0.2) is 20.1 Å². The van der Waals surface area contributed by atoms with E-state index in [1.807, 2.05) is 42.5 Å². The van der Waals surface area contributed by atoms with Gasteiger partial charge in [-0.15, -0.1) is 0 Å². The van der Waals surface area contributed by atoms with Crippen LogP contribution in [0.5, 0.6) is 0 Å². The number of benzene rings is 2. The summed E-state index contributed by atoms with van der Waals surface area (Å²) in [6, 6.07) is 11.1. The highest BCUT2D eigenvalue weighted by Crippen LogP contribution is 2.26. The number of anilines is 1. The zero-order valence-corrected chi connectivity index (χ0v) is 18.6. The second-order valence-electron chi connectivity index (χ2n) is 7.80. The molecule has 0 radical (unpaired) electrons. The topological polar surface area (TPSA) is 101 Å². The summed E-state index contributed by atoms with van der Waals surface area (Å²) < 4.78 is 16.1. The molecule has 3 aromatic rings. The van der Waals surface area contributed by atoms with Gasteiger partial charge < -0.3 is 15.4 Å². The highest BCUT2D eigenvalue weighted by atomic mass is 32.2. The number of amides is 1. The zero-order valence-electron chi connectivity index (χ0n) is 17.7. The summed E-state index contributed by atoms with van der Waals surface area (Å²) in [5, 5.41) is 0. The SMILES string of the molecule is NC(=O)c1ccc2nc(C3=CC=C(S(=O)Nc4ccc5c(c4)C=CCC=C5)C=CC3)[nH]c2c1. The van der Waals surface area contributed by atoms with Gasteiger partial charge in [0.15, 0.2) is 0 Å². The van der Waals surface area contributed by atoms with Gasteiger partial charge in [0.25, 0.3) is 0 Å². The molecule has 5 rings (SSSR count). The minimum Gasteiger partial charge on any atom is -0.366 e. The summed E-state index contributed by atoms with van der Waals surface area (Å²) >= 11 is 0. The van der Waals surface area contributed by atoms with E-state index in [9.17, 15) is 9.00 Å². The normalized spacial score (nSPS) is 15.9. The van der Waals surface area contributed by atoms with Crippen molar-refractivity contribution in [1.82, 2.24) is 9.97 Å². The smallest absolute Gasteiger partial charge is 0.248 e. The number of aromatic amines is 1. The minimum atomic E-state index is -1.41. The molecule has 0 bridgehead atoms. The van der Waals surface area contributed by atoms with Crippen LogP contribution in [0.2, 0.25) is 0 Å². The molecule has 0 spiro atoms. The number of nitrogens with two attached hydrogens (primary N) is 1. The van der Waals surface area contributed by atoms with Gasteiger partial charge in [-0.25, -0.2) is 9.19 Å². The molecule has 0 saturated carbocycles. The molecule has 1 atom stereocenters. The van der Waals surface area contributed by atoms with Gasteiger partial charge in [-0.05, 0) is 72.0 Å². The first-order valence-electron chi connectivity index (χ1n) is 10.6. The average Bonchev–Trinajstić information content (AvgIpc) is 2.95. The lowest BCUT2D eigenvalue weighted by Crippen LogP contribution is -2.10. The Morgan fingerprint density at radius 1 is 1.00 bits per heavy atom. The Labute approximate surface area is 193 Å². The molecule has 2 aromatic carbocycles. The first-order chi connectivity index (χ1) is 16.1. The lowest BCUT2D eigenvalue weighted by atomic mass is 10.1. The molecule has 2 aliphatic rings. The van der Waals surface area contributed by atoms with Crippen LogP contribution >= 0.6 is 0 Å². The fraction of sp³-hybridized carbons (Fsp3) is 0.0769. The molecule has 1 aromatic heterocycles. The number of nitrogens with one attached hydrogen (secondary N) is 2. The standard InChI is InChI=1S/C26H22N4O2S/c27-25(31)20-11-14-23-24(16-20)29-26(28-23)18-7-4-8-22(13-10-18)33(32)30-21-12-9-17-5-2-1-3-6-19(17)15-21/h2-6,8-16,30H,1,7H2,(H2,27,31)(H,28,29). The van der Waals surface area contributed by atoms with Crippen molar-refractivity contribution in [3.05, 3.63) is 100 Å². The van der Waals surface area contributed by atoms with Crippen molar-refractivity contribution in [3.63, 3.8) is 0 Å². The summed E-state index contributed by atoms with van der Waals surface area (Å²) in [5.41, 5.74) is 11.3. The summed E-state index contributed by atoms with van der Waals surface area (Å²) in [6.07, 6.45) is 17.6. The summed E-state index contributed by atoms with van der Waals surface area (Å²) in [6.45, 7) is 0. The molecule has 164 valence electrons. The molecule has 2 aliphatic carbocycles. The van der Waals surface area contributed by atoms with Crippen LogP contribution in [0, 0.1) is 0 Å². The Morgan fingerprint density at radius 3 is 2.70 bits per heavy atom. The largest absolute Gasteiger partial charge is 0.366 e. The minimum absolute atomic E-state index is 0.431. The van der Waals surface area contributed by atoms with E-state index in [-0.39, 0.29) is 0 Å². The molecule has 0 aliphatic heterocycles. The van der Waals surface area contributed by atoms with Crippen molar-refractivity contribution in [1.29, 1.82) is 0 Å². The van der Waals surface area contributed by atoms with Crippen LogP contribution in [0.3, 0.4) is 0 Å². The molecule has 4 N–H and O–H groups in total. The van der Waals surface area contributed by atoms with Gasteiger partial charge in [0, 0.05) is 11.3 Å². The van der Waals surface area contributed by atoms with E-state index >= 15 is 0 Å². The number of hydrogen-bond donors (Lipinski definition) is 3. The molecule has 6 nitrogen and oxygen atoms in total. The highest BCUT2D eigenvalue weighted by molar-refractivity contribution is 7.90. The Morgan fingerprint density at radius 2 is 1.85 bits per heavy atom. The first-order valence-corrected chi connectivity index (χ1v) is 11.7. The van der Waals surface area contributed by atoms with Crippen LogP contribution in [-0.2, 0) is 11.0 Å². The Bertz CT molecular complexity index is 1440. The van der Waals surface area contributed by atoms with Gasteiger partial charge in [-0.2, -0.15) is 0 Å². The summed E-state index contributed by atoms with van der Waals surface area (Å²) in [4.78, 5) is 20.0. The number of rotatable bonds is 5. The van der Waals surface area contributed by atoms with Gasteiger partial charge in [0.1, 0.15) is 16.8 Å². The van der Waals surface area contributed by atoms with Crippen LogP contribution in [0.1, 0.15) is 40.2 Å². The number of carbonyl (C=O) groups excluding carboxylic acids is 1. The number of carbonyl (C=O) groups is 1. The third-order valence-corrected chi connectivity index (χ3v) is 6.64. The number of H-pyrrole nitrogens is 1. The molecule has 0 fully saturated rings. The van der Waals surface area contributed by atoms with E-state index in [0.717, 1.165) is 39.8 Å². The molecular formula is C26H22N4O2S. The molecule has 1 amide bonds. The van der Waals surface area contributed by atoms with Crippen LogP contribution in [0.25, 0.3) is 28.8 Å². The van der Waals surface area contributed by atoms with Crippen molar-refractivity contribution in [2.75, 3.05) is 4.72 Å². The fourth-order valence-electron chi connectivity index (χ4n) is 3.79. The maximum atomic E-state index is 13.0. The molecule has 33 heavy (non-hydrogen) atoms. The maximum absolute atomic E-state index is 13.0. The number of imidazole rings is 1. The van der Waals surface area contributed by atoms with Crippen molar-refractivity contribution in [3.8, 4) is 0 Å². The zero-order chi connectivity index (χ0) is 22.8. The van der Waals surface area contributed by atoms with E-state index in [1.165, 1.54) is 0 Å². The van der Waals surface area contributed by atoms with E-state index in [1.54, 1.807) is 18.2 Å². The van der Waals surface area contributed by atoms with E-state index in [0.29, 0.717) is 22.7 Å². The van der Waals surface area contributed by atoms with Crippen molar-refractivity contribution < 1.29 is 9.00 Å². The number of allylic oxidation sites excluding steroid dienone is 7. The second-order valence-corrected chi connectivity index (χ2v) is 9.02. The van der Waals surface area contributed by atoms with Crippen molar-refractivity contribution >= 4 is 51.3 Å². The lowest BCUT2D eigenvalue weighted by molar-refractivity contribution is 0.100. The van der Waals surface area contributed by atoms with Gasteiger partial charge in [-0.3, -0.25) is 4.79 Å². The summed E-state index contributed by atoms with van der Waals surface area (Å²) in [5.74, 6) is 0.229. The molecule has 1 heterocycles. The Balaban J connectivity index is 1.37. The van der Waals surface area contributed by atoms with Crippen LogP contribution in [0.4, 0.5) is 5.69 Å². The molecule has 7 heteroatoms. The monoisotopic (exact) mass is 454 g/mol. The van der Waals surface area contributed by atoms with Gasteiger partial charge >= 0.3 is 0 Å². The second kappa shape index (κ2) is 8.88. The molecular weight excluding hydrogens is 432 g/mol. The average molecular weight is 455 g/mol. The van der Waals surface area contributed by atoms with Gasteiger partial charge in [-0.1, -0.05) is 42.5 Å². The number of primary amides is 1. The molecule has 1 unspecified atom stereocenters. The Kier molecular flexibility index (Phi) is 5.62. The van der Waals surface area contributed by atoms with Crippen LogP contribution in [0.15, 0.2) is 77.8 Å². The predicted molar refractivity (Wildman–Crippen MR) is 135 cm³/mol. The first kappa shape index (κ1) is 20.9. The van der Waals surface area contributed by atoms with E-state index in [4.69, 9.17) is 5.73 Å². The number of aromatic nitrogens is 2. The lowest BCUT2D eigenvalue weighted by Gasteiger charge is -2.09. The highest BCUT2D eigenvalue weighted by Gasteiger charge is 2.13. The predicted octanol–water partition coefficient (Wildman–Crippen LogP) is 5.09. The fourth-order valence-corrected chi connectivity index (χ4v) is 4.66. The number of hydrogen-bond acceptors (Lipinski definition) is 3. The molecule has 0 saturated heterocycles. The summed E-state index contributed by atoms with van der Waals surface area (Å²) in [7, 11) is -1.41. The van der Waals surface area contributed by atoms with E-state index in [2.05, 4.69) is 39.0 Å². The van der Waals surface area contributed by atoms with E-state index < -0.39 is 16.9 Å².